The number of anilines is 1. The molecule has 1 atom stereocenters. The number of carbonyl (C=O) groups is 3. The lowest BCUT2D eigenvalue weighted by molar-refractivity contribution is -0.135. The minimum Gasteiger partial charge on any atom is -0.457 e. The van der Waals surface area contributed by atoms with Gasteiger partial charge in [0.15, 0.2) is 0 Å². The van der Waals surface area contributed by atoms with E-state index in [4.69, 9.17) is 4.74 Å². The maximum absolute atomic E-state index is 12.6. The van der Waals surface area contributed by atoms with Crippen LogP contribution in [0.3, 0.4) is 0 Å². The highest BCUT2D eigenvalue weighted by Crippen LogP contribution is 2.27. The molecule has 0 saturated carbocycles. The number of fused-ring (bicyclic) bond motifs is 1. The summed E-state index contributed by atoms with van der Waals surface area (Å²) in [5, 5.41) is 18.1. The first kappa shape index (κ1) is 24.0. The summed E-state index contributed by atoms with van der Waals surface area (Å²) in [5.41, 5.74) is 0.739. The van der Waals surface area contributed by atoms with Crippen molar-refractivity contribution in [1.82, 2.24) is 25.1 Å². The molecule has 4 rings (SSSR count). The van der Waals surface area contributed by atoms with E-state index in [1.54, 1.807) is 48.5 Å². The average Bonchev–Trinajstić information content (AvgIpc) is 3.30. The Balaban J connectivity index is 1.39. The quantitative estimate of drug-likeness (QED) is 0.428. The van der Waals surface area contributed by atoms with E-state index in [1.165, 1.54) is 10.8 Å². The number of aromatic nitrogens is 2. The Labute approximate surface area is 202 Å². The van der Waals surface area contributed by atoms with Gasteiger partial charge in [-0.25, -0.2) is 14.6 Å². The van der Waals surface area contributed by atoms with Crippen molar-refractivity contribution in [2.75, 3.05) is 32.1 Å². The zero-order valence-corrected chi connectivity index (χ0v) is 19.4. The molecular formula is C24H28N6O5. The molecule has 0 bridgehead atoms. The SMILES string of the molecule is CNC(=O)n1ccc2cc(Oc3ccnc(NC(=O)N[C@H](CO)C(=O)N4CCCCC4)c3)ccc21. The predicted molar refractivity (Wildman–Crippen MR) is 130 cm³/mol. The zero-order valence-electron chi connectivity index (χ0n) is 19.4. The van der Waals surface area contributed by atoms with Gasteiger partial charge in [-0.15, -0.1) is 0 Å². The Morgan fingerprint density at radius 3 is 2.60 bits per heavy atom. The first-order valence-corrected chi connectivity index (χ1v) is 11.4. The molecule has 0 unspecified atom stereocenters. The van der Waals surface area contributed by atoms with Gasteiger partial charge in [0.05, 0.1) is 12.1 Å². The lowest BCUT2D eigenvalue weighted by atomic mass is 10.1. The molecule has 2 aromatic heterocycles. The van der Waals surface area contributed by atoms with Gasteiger partial charge in [0.1, 0.15) is 23.4 Å². The molecule has 1 saturated heterocycles. The van der Waals surface area contributed by atoms with Gasteiger partial charge < -0.3 is 25.4 Å². The van der Waals surface area contributed by atoms with Crippen molar-refractivity contribution in [3.8, 4) is 11.5 Å². The van der Waals surface area contributed by atoms with Crippen molar-refractivity contribution in [3.05, 3.63) is 48.8 Å². The molecule has 3 aromatic rings. The minimum absolute atomic E-state index is 0.217. The maximum Gasteiger partial charge on any atom is 0.325 e. The number of pyridine rings is 1. The third-order valence-corrected chi connectivity index (χ3v) is 5.76. The predicted octanol–water partition coefficient (Wildman–Crippen LogP) is 2.51. The van der Waals surface area contributed by atoms with Gasteiger partial charge in [-0.1, -0.05) is 0 Å². The number of nitrogens with one attached hydrogen (secondary N) is 3. The summed E-state index contributed by atoms with van der Waals surface area (Å²) >= 11 is 0. The summed E-state index contributed by atoms with van der Waals surface area (Å²) in [7, 11) is 1.57. The summed E-state index contributed by atoms with van der Waals surface area (Å²) < 4.78 is 7.40. The summed E-state index contributed by atoms with van der Waals surface area (Å²) in [5.74, 6) is 0.895. The van der Waals surface area contributed by atoms with E-state index in [1.807, 2.05) is 6.07 Å². The molecule has 1 aromatic carbocycles. The van der Waals surface area contributed by atoms with Gasteiger partial charge in [-0.2, -0.15) is 0 Å². The van der Waals surface area contributed by atoms with E-state index in [0.29, 0.717) is 24.6 Å². The van der Waals surface area contributed by atoms with Crippen molar-refractivity contribution in [2.24, 2.45) is 0 Å². The average molecular weight is 481 g/mol. The molecule has 0 spiro atoms. The summed E-state index contributed by atoms with van der Waals surface area (Å²) in [6.45, 7) is 0.757. The normalized spacial score (nSPS) is 14.3. The number of amides is 4. The van der Waals surface area contributed by atoms with E-state index in [-0.39, 0.29) is 17.8 Å². The first-order valence-electron chi connectivity index (χ1n) is 11.4. The molecule has 11 heteroatoms. The van der Waals surface area contributed by atoms with E-state index in [0.717, 1.165) is 30.2 Å². The van der Waals surface area contributed by atoms with Crippen LogP contribution in [0.2, 0.25) is 0 Å². The lowest BCUT2D eigenvalue weighted by Gasteiger charge is -2.30. The third kappa shape index (κ3) is 5.69. The maximum atomic E-state index is 12.6. The van der Waals surface area contributed by atoms with Crippen molar-refractivity contribution < 1.29 is 24.2 Å². The molecule has 11 nitrogen and oxygen atoms in total. The second kappa shape index (κ2) is 10.9. The Bertz CT molecular complexity index is 1220. The number of hydrogen-bond acceptors (Lipinski definition) is 6. The van der Waals surface area contributed by atoms with E-state index in [2.05, 4.69) is 20.9 Å². The Kier molecular flexibility index (Phi) is 7.46. The van der Waals surface area contributed by atoms with E-state index < -0.39 is 18.7 Å². The fraction of sp³-hybridized carbons (Fsp3) is 0.333. The number of benzene rings is 1. The number of carbonyl (C=O) groups excluding carboxylic acids is 3. The van der Waals surface area contributed by atoms with Crippen LogP contribution >= 0.6 is 0 Å². The number of nitrogens with zero attached hydrogens (tertiary/aromatic N) is 3. The smallest absolute Gasteiger partial charge is 0.325 e. The number of likely N-dealkylation sites (tertiary alicyclic amines) is 1. The molecule has 4 N–H and O–H groups in total. The zero-order chi connectivity index (χ0) is 24.8. The largest absolute Gasteiger partial charge is 0.457 e. The van der Waals surface area contributed by atoms with Crippen molar-refractivity contribution in [3.63, 3.8) is 0 Å². The highest BCUT2D eigenvalue weighted by molar-refractivity contribution is 5.93. The molecular weight excluding hydrogens is 452 g/mol. The molecule has 1 aliphatic heterocycles. The van der Waals surface area contributed by atoms with Crippen molar-refractivity contribution in [2.45, 2.75) is 25.3 Å². The number of rotatable bonds is 6. The van der Waals surface area contributed by atoms with Gasteiger partial charge in [0.2, 0.25) is 5.91 Å². The molecule has 184 valence electrons. The van der Waals surface area contributed by atoms with Crippen LogP contribution in [0.4, 0.5) is 15.4 Å². The lowest BCUT2D eigenvalue weighted by Crippen LogP contribution is -2.52. The Hall–Kier alpha value is -4.12. The van der Waals surface area contributed by atoms with Crippen LogP contribution in [-0.2, 0) is 4.79 Å². The fourth-order valence-corrected chi connectivity index (χ4v) is 3.99. The molecule has 1 fully saturated rings. The van der Waals surface area contributed by atoms with E-state index >= 15 is 0 Å². The topological polar surface area (TPSA) is 138 Å². The number of ether oxygens (including phenoxy) is 1. The van der Waals surface area contributed by atoms with Gasteiger partial charge in [-0.05, 0) is 49.6 Å². The highest BCUT2D eigenvalue weighted by atomic mass is 16.5. The molecule has 1 aliphatic rings. The molecule has 35 heavy (non-hydrogen) atoms. The van der Waals surface area contributed by atoms with Crippen molar-refractivity contribution in [1.29, 1.82) is 0 Å². The molecule has 3 heterocycles. The van der Waals surface area contributed by atoms with Gasteiger partial charge in [-0.3, -0.25) is 14.7 Å². The van der Waals surface area contributed by atoms with Crippen LogP contribution in [0, 0.1) is 0 Å². The molecule has 0 aliphatic carbocycles. The second-order valence-electron chi connectivity index (χ2n) is 8.16. The minimum atomic E-state index is -1.03. The van der Waals surface area contributed by atoms with Gasteiger partial charge >= 0.3 is 12.1 Å². The third-order valence-electron chi connectivity index (χ3n) is 5.76. The standard InChI is InChI=1S/C24H28N6O5/c1-25-24(34)30-12-8-16-13-17(5-6-20(16)30)35-18-7-9-26-21(14-18)28-23(33)27-19(15-31)22(32)29-10-3-2-4-11-29/h5-9,12-14,19,31H,2-4,10-11,15H2,1H3,(H,25,34)(H2,26,27,28,33)/t19-/m1/s1. The van der Waals surface area contributed by atoms with Crippen LogP contribution in [-0.4, -0.2) is 70.3 Å². The van der Waals surface area contributed by atoms with Crippen molar-refractivity contribution >= 4 is 34.7 Å². The Morgan fingerprint density at radius 1 is 1.09 bits per heavy atom. The van der Waals surface area contributed by atoms with Crippen LogP contribution in [0.5, 0.6) is 11.5 Å². The summed E-state index contributed by atoms with van der Waals surface area (Å²) in [6.07, 6.45) is 6.06. The molecule has 0 radical (unpaired) electrons. The molecule has 4 amide bonds. The highest BCUT2D eigenvalue weighted by Gasteiger charge is 2.26. The van der Waals surface area contributed by atoms with Crippen LogP contribution in [0.1, 0.15) is 19.3 Å². The van der Waals surface area contributed by atoms with Crippen LogP contribution < -0.4 is 20.7 Å². The van der Waals surface area contributed by atoms with Gasteiger partial charge in [0.25, 0.3) is 0 Å². The summed E-state index contributed by atoms with van der Waals surface area (Å²) in [6, 6.07) is 8.38. The van der Waals surface area contributed by atoms with Gasteiger partial charge in [0, 0.05) is 44.0 Å². The Morgan fingerprint density at radius 2 is 1.86 bits per heavy atom. The number of urea groups is 1. The fourth-order valence-electron chi connectivity index (χ4n) is 3.99. The first-order chi connectivity index (χ1) is 17.0. The number of hydrogen-bond donors (Lipinski definition) is 4. The number of aliphatic hydroxyl groups excluding tert-OH is 1. The van der Waals surface area contributed by atoms with Crippen LogP contribution in [0.25, 0.3) is 10.9 Å². The monoisotopic (exact) mass is 480 g/mol. The second-order valence-corrected chi connectivity index (χ2v) is 8.16. The van der Waals surface area contributed by atoms with Crippen LogP contribution in [0.15, 0.2) is 48.8 Å². The number of aliphatic hydroxyl groups is 1. The number of piperidine rings is 1. The summed E-state index contributed by atoms with van der Waals surface area (Å²) in [4.78, 5) is 42.7. The van der Waals surface area contributed by atoms with E-state index in [9.17, 15) is 19.5 Å².